The molecule has 0 spiro atoms. The molecule has 1 unspecified atom stereocenters. The minimum absolute atomic E-state index is 0.0466. The summed E-state index contributed by atoms with van der Waals surface area (Å²) in [6.45, 7) is 10.2. The van der Waals surface area contributed by atoms with Crippen LogP contribution in [0.15, 0.2) is 20.5 Å². The maximum atomic E-state index is 12.7. The first-order valence-electron chi connectivity index (χ1n) is 8.72. The Kier molecular flexibility index (Phi) is 4.96. The first kappa shape index (κ1) is 18.7. The van der Waals surface area contributed by atoms with Gasteiger partial charge in [-0.1, -0.05) is 44.6 Å². The maximum absolute atomic E-state index is 12.7. The molecule has 1 atom stereocenters. The van der Waals surface area contributed by atoms with Gasteiger partial charge in [-0.3, -0.25) is 19.5 Å². The first-order chi connectivity index (χ1) is 12.2. The molecule has 0 saturated carbocycles. The highest BCUT2D eigenvalue weighted by Crippen LogP contribution is 2.28. The van der Waals surface area contributed by atoms with Crippen LogP contribution in [0.1, 0.15) is 44.6 Å². The lowest BCUT2D eigenvalue weighted by Crippen LogP contribution is -2.38. The molecule has 3 rings (SSSR count). The molecule has 1 amide bonds. The van der Waals surface area contributed by atoms with Crippen LogP contribution in [-0.2, 0) is 23.2 Å². The molecule has 0 aliphatic carbocycles. The fourth-order valence-electron chi connectivity index (χ4n) is 2.87. The second-order valence-corrected chi connectivity index (χ2v) is 8.54. The second kappa shape index (κ2) is 6.90. The van der Waals surface area contributed by atoms with Crippen LogP contribution in [0, 0.1) is 12.8 Å². The van der Waals surface area contributed by atoms with Gasteiger partial charge in [0.1, 0.15) is 0 Å². The Balaban J connectivity index is 1.77. The zero-order valence-electron chi connectivity index (χ0n) is 15.8. The predicted molar refractivity (Wildman–Crippen MR) is 101 cm³/mol. The Labute approximate surface area is 156 Å². The average molecular weight is 376 g/mol. The van der Waals surface area contributed by atoms with Crippen molar-refractivity contribution in [2.24, 2.45) is 5.92 Å². The first-order valence-corrected chi connectivity index (χ1v) is 9.70. The zero-order valence-corrected chi connectivity index (χ0v) is 16.6. The monoisotopic (exact) mass is 376 g/mol. The van der Waals surface area contributed by atoms with E-state index >= 15 is 0 Å². The molecule has 0 fully saturated rings. The zero-order chi connectivity index (χ0) is 19.1. The highest BCUT2D eigenvalue weighted by molar-refractivity contribution is 7.99. The van der Waals surface area contributed by atoms with Crippen LogP contribution in [0.4, 0.5) is 5.88 Å². The second-order valence-electron chi connectivity index (χ2n) is 7.55. The van der Waals surface area contributed by atoms with Crippen molar-refractivity contribution in [3.63, 3.8) is 0 Å². The molecule has 1 aliphatic heterocycles. The molecular weight excluding hydrogens is 352 g/mol. The summed E-state index contributed by atoms with van der Waals surface area (Å²) in [4.78, 5) is 29.8. The Bertz CT molecular complexity index is 895. The molecule has 0 saturated heterocycles. The van der Waals surface area contributed by atoms with Crippen LogP contribution in [0.25, 0.3) is 0 Å². The van der Waals surface area contributed by atoms with Crippen molar-refractivity contribution in [3.8, 4) is 0 Å². The molecule has 140 valence electrons. The number of amides is 1. The van der Waals surface area contributed by atoms with E-state index in [1.54, 1.807) is 10.6 Å². The Morgan fingerprint density at radius 3 is 2.81 bits per heavy atom. The van der Waals surface area contributed by atoms with Crippen LogP contribution < -0.4 is 10.9 Å². The molecule has 0 radical (unpaired) electrons. The lowest BCUT2D eigenvalue weighted by atomic mass is 9.92. The van der Waals surface area contributed by atoms with E-state index in [4.69, 9.17) is 4.52 Å². The number of hydrogen-bond donors (Lipinski definition) is 1. The van der Waals surface area contributed by atoms with Gasteiger partial charge in [0, 0.05) is 35.0 Å². The quantitative estimate of drug-likeness (QED) is 0.829. The van der Waals surface area contributed by atoms with E-state index < -0.39 is 0 Å². The van der Waals surface area contributed by atoms with Gasteiger partial charge in [0.2, 0.25) is 11.8 Å². The number of thioether (sulfide) groups is 1. The summed E-state index contributed by atoms with van der Waals surface area (Å²) in [7, 11) is 0. The van der Waals surface area contributed by atoms with Gasteiger partial charge in [0.05, 0.1) is 11.6 Å². The fourth-order valence-corrected chi connectivity index (χ4v) is 3.99. The van der Waals surface area contributed by atoms with Gasteiger partial charge < -0.3 is 4.52 Å². The summed E-state index contributed by atoms with van der Waals surface area (Å²) in [5, 5.41) is 7.47. The van der Waals surface area contributed by atoms with Crippen LogP contribution in [0.3, 0.4) is 0 Å². The SMILES string of the molecule is CCc1c(C)nc2n(c1=O)CC(C(=O)Nc1cc(C(C)(C)C)no1)CS2. The third kappa shape index (κ3) is 3.56. The lowest BCUT2D eigenvalue weighted by Gasteiger charge is -2.24. The molecule has 7 nitrogen and oxygen atoms in total. The van der Waals surface area contributed by atoms with E-state index in [1.807, 2.05) is 34.6 Å². The van der Waals surface area contributed by atoms with E-state index in [0.29, 0.717) is 35.3 Å². The van der Waals surface area contributed by atoms with Gasteiger partial charge in [0.15, 0.2) is 5.16 Å². The molecule has 0 aromatic carbocycles. The summed E-state index contributed by atoms with van der Waals surface area (Å²) in [5.74, 6) is 0.399. The van der Waals surface area contributed by atoms with Crippen LogP contribution >= 0.6 is 11.8 Å². The molecule has 1 N–H and O–H groups in total. The number of hydrogen-bond acceptors (Lipinski definition) is 6. The fraction of sp³-hybridized carbons (Fsp3) is 0.556. The highest BCUT2D eigenvalue weighted by Gasteiger charge is 2.29. The summed E-state index contributed by atoms with van der Waals surface area (Å²) in [5.41, 5.74) is 2.06. The van der Waals surface area contributed by atoms with E-state index in [9.17, 15) is 9.59 Å². The summed E-state index contributed by atoms with van der Waals surface area (Å²) >= 11 is 1.44. The van der Waals surface area contributed by atoms with Gasteiger partial charge in [0.25, 0.3) is 5.56 Å². The summed E-state index contributed by atoms with van der Waals surface area (Å²) in [6.07, 6.45) is 0.632. The van der Waals surface area contributed by atoms with Gasteiger partial charge >= 0.3 is 0 Å². The molecule has 26 heavy (non-hydrogen) atoms. The smallest absolute Gasteiger partial charge is 0.257 e. The largest absolute Gasteiger partial charge is 0.338 e. The number of carbonyl (C=O) groups excluding carboxylic acids is 1. The Morgan fingerprint density at radius 1 is 1.46 bits per heavy atom. The van der Waals surface area contributed by atoms with Crippen molar-refractivity contribution >= 4 is 23.6 Å². The number of fused-ring (bicyclic) bond motifs is 1. The van der Waals surface area contributed by atoms with Gasteiger partial charge in [-0.25, -0.2) is 4.98 Å². The normalized spacial score (nSPS) is 17.0. The molecule has 3 heterocycles. The third-order valence-electron chi connectivity index (χ3n) is 4.50. The topological polar surface area (TPSA) is 90.0 Å². The van der Waals surface area contributed by atoms with Gasteiger partial charge in [-0.05, 0) is 13.3 Å². The standard InChI is InChI=1S/C18H24N4O3S/c1-6-12-10(2)19-17-22(16(12)24)8-11(9-26-17)15(23)20-14-7-13(21-25-14)18(3,4)5/h7,11H,6,8-9H2,1-5H3,(H,20,23). The van der Waals surface area contributed by atoms with Crippen LogP contribution in [0.5, 0.6) is 0 Å². The van der Waals surface area contributed by atoms with E-state index in [1.165, 1.54) is 11.8 Å². The van der Waals surface area contributed by atoms with E-state index in [0.717, 1.165) is 11.4 Å². The molecule has 2 aromatic rings. The van der Waals surface area contributed by atoms with Crippen molar-refractivity contribution in [2.45, 2.75) is 58.2 Å². The highest BCUT2D eigenvalue weighted by atomic mass is 32.2. The lowest BCUT2D eigenvalue weighted by molar-refractivity contribution is -0.119. The van der Waals surface area contributed by atoms with Crippen molar-refractivity contribution in [1.29, 1.82) is 0 Å². The molecular formula is C18H24N4O3S. The van der Waals surface area contributed by atoms with Crippen molar-refractivity contribution in [3.05, 3.63) is 33.4 Å². The minimum Gasteiger partial charge on any atom is -0.338 e. The molecule has 1 aliphatic rings. The minimum atomic E-state index is -0.331. The molecule has 8 heteroatoms. The number of nitrogens with zero attached hydrogens (tertiary/aromatic N) is 3. The van der Waals surface area contributed by atoms with Crippen molar-refractivity contribution < 1.29 is 9.32 Å². The maximum Gasteiger partial charge on any atom is 0.257 e. The Hall–Kier alpha value is -2.09. The summed E-state index contributed by atoms with van der Waals surface area (Å²) in [6, 6.07) is 1.74. The Morgan fingerprint density at radius 2 is 2.19 bits per heavy atom. The van der Waals surface area contributed by atoms with Crippen molar-refractivity contribution in [2.75, 3.05) is 11.1 Å². The number of aryl methyl sites for hydroxylation is 1. The molecule has 2 aromatic heterocycles. The van der Waals surface area contributed by atoms with E-state index in [2.05, 4.69) is 15.5 Å². The summed E-state index contributed by atoms with van der Waals surface area (Å²) < 4.78 is 6.84. The van der Waals surface area contributed by atoms with Gasteiger partial charge in [-0.2, -0.15) is 0 Å². The average Bonchev–Trinajstić information content (AvgIpc) is 3.03. The van der Waals surface area contributed by atoms with Gasteiger partial charge in [-0.15, -0.1) is 0 Å². The van der Waals surface area contributed by atoms with E-state index in [-0.39, 0.29) is 22.8 Å². The number of aromatic nitrogens is 3. The number of anilines is 1. The number of rotatable bonds is 3. The number of carbonyl (C=O) groups is 1. The van der Waals surface area contributed by atoms with Crippen LogP contribution in [0.2, 0.25) is 0 Å². The third-order valence-corrected chi connectivity index (χ3v) is 5.64. The predicted octanol–water partition coefficient (Wildman–Crippen LogP) is 2.76. The van der Waals surface area contributed by atoms with Crippen molar-refractivity contribution in [1.82, 2.24) is 14.7 Å². The number of nitrogens with one attached hydrogen (secondary N) is 1. The molecule has 0 bridgehead atoms. The van der Waals surface area contributed by atoms with Crippen LogP contribution in [-0.4, -0.2) is 26.4 Å².